The van der Waals surface area contributed by atoms with Crippen LogP contribution in [0, 0.1) is 0 Å². The molecule has 0 fully saturated rings. The number of hydrogen-bond acceptors (Lipinski definition) is 4. The summed E-state index contributed by atoms with van der Waals surface area (Å²) in [5, 5.41) is 0. The van der Waals surface area contributed by atoms with Crippen LogP contribution in [0.25, 0.3) is 0 Å². The molecule has 5 N–H and O–H groups in total. The van der Waals surface area contributed by atoms with Gasteiger partial charge in [0.05, 0.1) is 8.60 Å². The molecule has 0 saturated carbocycles. The fourth-order valence-electron chi connectivity index (χ4n) is 0. The molecule has 0 heterocycles. The average molecular weight is 218 g/mol. The first-order valence-corrected chi connectivity index (χ1v) is 4.10. The van der Waals surface area contributed by atoms with Crippen LogP contribution in [0.2, 0.25) is 0 Å². The predicted octanol–water partition coefficient (Wildman–Crippen LogP) is -5.37. The van der Waals surface area contributed by atoms with Crippen molar-refractivity contribution in [3.63, 3.8) is 0 Å². The van der Waals surface area contributed by atoms with Gasteiger partial charge in [-0.2, -0.15) is 0 Å². The Kier molecular flexibility index (Phi) is 16.4. The maximum atomic E-state index is 8.88. The van der Waals surface area contributed by atoms with Crippen molar-refractivity contribution in [2.24, 2.45) is 0 Å². The minimum absolute atomic E-state index is 0. The number of rotatable bonds is 0. The molecule has 0 amide bonds. The summed E-state index contributed by atoms with van der Waals surface area (Å²) in [5.41, 5.74) is 0. The Bertz CT molecular complexity index is 82.8. The zero-order valence-electron chi connectivity index (χ0n) is 4.95. The van der Waals surface area contributed by atoms with Gasteiger partial charge in [0.1, 0.15) is 0 Å². The Labute approximate surface area is 100 Å². The SMILES string of the molecule is O=P(O)(O)O.[K+].[O-]P(O)O. The van der Waals surface area contributed by atoms with E-state index in [2.05, 4.69) is 0 Å². The summed E-state index contributed by atoms with van der Waals surface area (Å²) in [4.78, 5) is 44.5. The molecule has 0 aliphatic heterocycles. The van der Waals surface area contributed by atoms with Crippen molar-refractivity contribution in [1.82, 2.24) is 0 Å². The fraction of sp³-hybridized carbons (Fsp3) is 0. The molecule has 0 aromatic carbocycles. The molecule has 0 aliphatic carbocycles. The molecule has 0 bridgehead atoms. The van der Waals surface area contributed by atoms with Crippen LogP contribution in [-0.4, -0.2) is 24.5 Å². The zero-order valence-corrected chi connectivity index (χ0v) is 9.86. The van der Waals surface area contributed by atoms with Crippen LogP contribution in [0.5, 0.6) is 0 Å². The summed E-state index contributed by atoms with van der Waals surface area (Å²) >= 11 is 0. The van der Waals surface area contributed by atoms with Gasteiger partial charge in [0, 0.05) is 0 Å². The van der Waals surface area contributed by atoms with E-state index < -0.39 is 16.4 Å². The van der Waals surface area contributed by atoms with Gasteiger partial charge in [-0.05, 0) is 0 Å². The second kappa shape index (κ2) is 9.15. The topological polar surface area (TPSA) is 141 Å². The van der Waals surface area contributed by atoms with Crippen LogP contribution in [0.3, 0.4) is 0 Å². The maximum Gasteiger partial charge on any atom is 1.00 e. The molecule has 0 aromatic rings. The summed E-state index contributed by atoms with van der Waals surface area (Å²) in [6.07, 6.45) is 0. The molecule has 0 spiro atoms. The molecule has 0 rings (SSSR count). The third kappa shape index (κ3) is 195. The minimum atomic E-state index is -4.64. The van der Waals surface area contributed by atoms with Gasteiger partial charge in [-0.15, -0.1) is 0 Å². The molecule has 10 heteroatoms. The van der Waals surface area contributed by atoms with Crippen LogP contribution >= 0.6 is 16.4 Å². The van der Waals surface area contributed by atoms with Crippen molar-refractivity contribution in [1.29, 1.82) is 0 Å². The first kappa shape index (κ1) is 18.0. The predicted molar refractivity (Wildman–Crippen MR) is 25.6 cm³/mol. The van der Waals surface area contributed by atoms with E-state index in [9.17, 15) is 0 Å². The van der Waals surface area contributed by atoms with Crippen molar-refractivity contribution in [2.75, 3.05) is 0 Å². The average Bonchev–Trinajstić information content (AvgIpc) is 1.19. The Morgan fingerprint density at radius 2 is 1.20 bits per heavy atom. The molecule has 58 valence electrons. The van der Waals surface area contributed by atoms with E-state index in [1.54, 1.807) is 0 Å². The van der Waals surface area contributed by atoms with E-state index in [4.69, 9.17) is 33.9 Å². The van der Waals surface area contributed by atoms with E-state index >= 15 is 0 Å². The van der Waals surface area contributed by atoms with Crippen molar-refractivity contribution in [2.45, 2.75) is 0 Å². The Morgan fingerprint density at radius 3 is 1.20 bits per heavy atom. The monoisotopic (exact) mass is 218 g/mol. The quantitative estimate of drug-likeness (QED) is 0.202. The van der Waals surface area contributed by atoms with Crippen LogP contribution in [0.4, 0.5) is 0 Å². The Morgan fingerprint density at radius 1 is 1.20 bits per heavy atom. The van der Waals surface area contributed by atoms with E-state index in [1.165, 1.54) is 0 Å². The molecule has 0 unspecified atom stereocenters. The molecule has 0 saturated heterocycles. The molecular weight excluding hydrogens is 213 g/mol. The van der Waals surface area contributed by atoms with Crippen molar-refractivity contribution < 1.29 is 85.3 Å². The van der Waals surface area contributed by atoms with Crippen LogP contribution < -0.4 is 56.3 Å². The molecule has 0 radical (unpaired) electrons. The summed E-state index contributed by atoms with van der Waals surface area (Å²) in [7, 11) is -7.51. The molecule has 10 heavy (non-hydrogen) atoms. The fourth-order valence-corrected chi connectivity index (χ4v) is 0. The van der Waals surface area contributed by atoms with Crippen LogP contribution in [-0.2, 0) is 4.57 Å². The standard InChI is InChI=1S/K.H3O4P.H2O3P/c;1-5(2,3)4;1-4(2)3/h;(H3,1,2,3,4);1-2H/q+1;;-1. The van der Waals surface area contributed by atoms with E-state index in [-0.39, 0.29) is 51.4 Å². The van der Waals surface area contributed by atoms with Crippen LogP contribution in [0.15, 0.2) is 0 Å². The Hall–Kier alpha value is 2.06. The first-order chi connectivity index (χ1) is 3.73. The van der Waals surface area contributed by atoms with Crippen molar-refractivity contribution in [3.05, 3.63) is 0 Å². The van der Waals surface area contributed by atoms with E-state index in [0.29, 0.717) is 0 Å². The van der Waals surface area contributed by atoms with Gasteiger partial charge in [0.2, 0.25) is 0 Å². The summed E-state index contributed by atoms with van der Waals surface area (Å²) in [5.74, 6) is 0. The molecule has 0 aromatic heterocycles. The summed E-state index contributed by atoms with van der Waals surface area (Å²) in [6.45, 7) is 0. The summed E-state index contributed by atoms with van der Waals surface area (Å²) < 4.78 is 8.88. The second-order valence-corrected chi connectivity index (χ2v) is 2.30. The smallest absolute Gasteiger partial charge is 0.786 e. The zero-order chi connectivity index (χ0) is 8.08. The van der Waals surface area contributed by atoms with Gasteiger partial charge in [-0.1, -0.05) is 0 Å². The number of phosphoric acid groups is 1. The van der Waals surface area contributed by atoms with Gasteiger partial charge >= 0.3 is 59.2 Å². The van der Waals surface area contributed by atoms with Gasteiger partial charge < -0.3 is 29.4 Å². The van der Waals surface area contributed by atoms with Crippen LogP contribution in [0.1, 0.15) is 0 Å². The van der Waals surface area contributed by atoms with E-state index in [1.807, 2.05) is 0 Å². The molecule has 0 atom stereocenters. The molecule has 0 aliphatic rings. The normalized spacial score (nSPS) is 9.50. The maximum absolute atomic E-state index is 8.88. The van der Waals surface area contributed by atoms with Crippen molar-refractivity contribution in [3.8, 4) is 0 Å². The molecular formula is H5KO7P2. The van der Waals surface area contributed by atoms with Gasteiger partial charge in [-0.3, -0.25) is 0 Å². The second-order valence-electron chi connectivity index (χ2n) is 0.766. The third-order valence-electron chi connectivity index (χ3n) is 0. The van der Waals surface area contributed by atoms with Gasteiger partial charge in [0.25, 0.3) is 0 Å². The first-order valence-electron chi connectivity index (χ1n) is 1.37. The van der Waals surface area contributed by atoms with E-state index in [0.717, 1.165) is 0 Å². The summed E-state index contributed by atoms with van der Waals surface area (Å²) in [6, 6.07) is 0. The number of hydrogen-bond donors (Lipinski definition) is 5. The third-order valence-corrected chi connectivity index (χ3v) is 0. The van der Waals surface area contributed by atoms with Gasteiger partial charge in [-0.25, -0.2) is 4.57 Å². The minimum Gasteiger partial charge on any atom is -0.786 e. The largest absolute Gasteiger partial charge is 1.00 e. The van der Waals surface area contributed by atoms with Gasteiger partial charge in [0.15, 0.2) is 0 Å². The molecule has 7 nitrogen and oxygen atoms in total. The Balaban J connectivity index is -0.0000000910. The van der Waals surface area contributed by atoms with Crippen molar-refractivity contribution >= 4 is 16.4 Å².